The van der Waals surface area contributed by atoms with E-state index in [0.717, 1.165) is 24.2 Å². The molecule has 0 aromatic heterocycles. The fourth-order valence-corrected chi connectivity index (χ4v) is 2.19. The highest BCUT2D eigenvalue weighted by molar-refractivity contribution is 5.85. The van der Waals surface area contributed by atoms with Crippen LogP contribution in [0.3, 0.4) is 0 Å². The van der Waals surface area contributed by atoms with Crippen LogP contribution in [-0.4, -0.2) is 25.1 Å². The molecule has 22 heavy (non-hydrogen) atoms. The molecule has 1 aromatic carbocycles. The Balaban J connectivity index is 0.00000441. The van der Waals surface area contributed by atoms with Gasteiger partial charge in [-0.15, -0.1) is 12.4 Å². The Morgan fingerprint density at radius 3 is 2.55 bits per heavy atom. The van der Waals surface area contributed by atoms with Crippen molar-refractivity contribution in [2.24, 2.45) is 5.73 Å². The van der Waals surface area contributed by atoms with Crippen LogP contribution in [-0.2, 0) is 4.79 Å². The number of amides is 1. The van der Waals surface area contributed by atoms with E-state index in [0.29, 0.717) is 13.0 Å². The largest absolute Gasteiger partial charge is 0.497 e. The molecule has 1 aromatic rings. The third kappa shape index (κ3) is 6.24. The fourth-order valence-electron chi connectivity index (χ4n) is 2.19. The summed E-state index contributed by atoms with van der Waals surface area (Å²) in [5.74, 6) is 1.01. The maximum absolute atomic E-state index is 12.1. The van der Waals surface area contributed by atoms with Crippen LogP contribution in [0.1, 0.15) is 51.5 Å². The SMILES string of the molecule is CCC(N)(CC)CNC(=O)CC(C)c1cccc(OC)c1.Cl. The summed E-state index contributed by atoms with van der Waals surface area (Å²) in [4.78, 5) is 12.1. The van der Waals surface area contributed by atoms with Gasteiger partial charge in [0.2, 0.25) is 5.91 Å². The number of carbonyl (C=O) groups excluding carboxylic acids is 1. The van der Waals surface area contributed by atoms with E-state index >= 15 is 0 Å². The summed E-state index contributed by atoms with van der Waals surface area (Å²) in [6.45, 7) is 6.68. The zero-order chi connectivity index (χ0) is 15.9. The Morgan fingerprint density at radius 2 is 2.00 bits per heavy atom. The summed E-state index contributed by atoms with van der Waals surface area (Å²) < 4.78 is 5.21. The summed E-state index contributed by atoms with van der Waals surface area (Å²) in [7, 11) is 1.65. The summed E-state index contributed by atoms with van der Waals surface area (Å²) in [5.41, 5.74) is 7.00. The van der Waals surface area contributed by atoms with Gasteiger partial charge in [0.15, 0.2) is 0 Å². The van der Waals surface area contributed by atoms with Crippen LogP contribution in [0, 0.1) is 0 Å². The number of hydrogen-bond donors (Lipinski definition) is 2. The first-order valence-electron chi connectivity index (χ1n) is 7.63. The van der Waals surface area contributed by atoms with Gasteiger partial charge in [-0.2, -0.15) is 0 Å². The monoisotopic (exact) mass is 328 g/mol. The molecule has 1 rings (SSSR count). The van der Waals surface area contributed by atoms with Crippen molar-refractivity contribution in [2.75, 3.05) is 13.7 Å². The van der Waals surface area contributed by atoms with Crippen molar-refractivity contribution >= 4 is 18.3 Å². The van der Waals surface area contributed by atoms with E-state index in [-0.39, 0.29) is 29.8 Å². The molecule has 0 aliphatic heterocycles. The lowest BCUT2D eigenvalue weighted by Gasteiger charge is -2.27. The van der Waals surface area contributed by atoms with Gasteiger partial charge < -0.3 is 15.8 Å². The Hall–Kier alpha value is -1.26. The minimum atomic E-state index is -0.297. The van der Waals surface area contributed by atoms with Crippen molar-refractivity contribution in [3.8, 4) is 5.75 Å². The molecule has 0 fully saturated rings. The predicted molar refractivity (Wildman–Crippen MR) is 93.8 cm³/mol. The average molecular weight is 329 g/mol. The first-order valence-corrected chi connectivity index (χ1v) is 7.63. The zero-order valence-corrected chi connectivity index (χ0v) is 14.8. The number of hydrogen-bond acceptors (Lipinski definition) is 3. The van der Waals surface area contributed by atoms with Crippen molar-refractivity contribution in [1.29, 1.82) is 0 Å². The molecule has 0 aliphatic carbocycles. The first kappa shape index (κ1) is 20.7. The van der Waals surface area contributed by atoms with Crippen LogP contribution in [0.2, 0.25) is 0 Å². The van der Waals surface area contributed by atoms with Crippen LogP contribution >= 0.6 is 12.4 Å². The van der Waals surface area contributed by atoms with Gasteiger partial charge in [-0.1, -0.05) is 32.9 Å². The summed E-state index contributed by atoms with van der Waals surface area (Å²) in [6, 6.07) is 7.85. The minimum absolute atomic E-state index is 0. The molecule has 4 nitrogen and oxygen atoms in total. The summed E-state index contributed by atoms with van der Waals surface area (Å²) >= 11 is 0. The smallest absolute Gasteiger partial charge is 0.220 e. The lowest BCUT2D eigenvalue weighted by Crippen LogP contribution is -2.49. The maximum atomic E-state index is 12.1. The van der Waals surface area contributed by atoms with Gasteiger partial charge in [0.25, 0.3) is 0 Å². The molecule has 0 aliphatic rings. The van der Waals surface area contributed by atoms with Crippen LogP contribution in [0.25, 0.3) is 0 Å². The number of benzene rings is 1. The van der Waals surface area contributed by atoms with Crippen molar-refractivity contribution in [3.63, 3.8) is 0 Å². The second-order valence-corrected chi connectivity index (χ2v) is 5.73. The Morgan fingerprint density at radius 1 is 1.36 bits per heavy atom. The maximum Gasteiger partial charge on any atom is 0.220 e. The van der Waals surface area contributed by atoms with E-state index in [1.54, 1.807) is 7.11 Å². The number of carbonyl (C=O) groups is 1. The van der Waals surface area contributed by atoms with Crippen LogP contribution in [0.5, 0.6) is 5.75 Å². The van der Waals surface area contributed by atoms with Gasteiger partial charge in [-0.05, 0) is 36.5 Å². The molecule has 126 valence electrons. The van der Waals surface area contributed by atoms with Crippen LogP contribution in [0.4, 0.5) is 0 Å². The molecule has 0 spiro atoms. The normalized spacial score (nSPS) is 12.2. The third-order valence-electron chi connectivity index (χ3n) is 4.20. The van der Waals surface area contributed by atoms with Crippen LogP contribution in [0.15, 0.2) is 24.3 Å². The van der Waals surface area contributed by atoms with Gasteiger partial charge in [0, 0.05) is 18.5 Å². The number of rotatable bonds is 8. The van der Waals surface area contributed by atoms with Gasteiger partial charge in [0.1, 0.15) is 5.75 Å². The number of ether oxygens (including phenoxy) is 1. The topological polar surface area (TPSA) is 64.3 Å². The number of methoxy groups -OCH3 is 1. The van der Waals surface area contributed by atoms with Crippen LogP contribution < -0.4 is 15.8 Å². The Labute approximate surface area is 140 Å². The zero-order valence-electron chi connectivity index (χ0n) is 14.0. The van der Waals surface area contributed by atoms with E-state index in [1.807, 2.05) is 31.2 Å². The van der Waals surface area contributed by atoms with E-state index in [2.05, 4.69) is 19.2 Å². The second kappa shape index (κ2) is 9.70. The standard InChI is InChI=1S/C17H28N2O2.ClH/c1-5-17(18,6-2)12-19-16(20)10-13(3)14-8-7-9-15(11-14)21-4;/h7-9,11,13H,5-6,10,12,18H2,1-4H3,(H,19,20);1H. The quantitative estimate of drug-likeness (QED) is 0.770. The van der Waals surface area contributed by atoms with E-state index in [4.69, 9.17) is 10.5 Å². The van der Waals surface area contributed by atoms with Gasteiger partial charge in [-0.25, -0.2) is 0 Å². The highest BCUT2D eigenvalue weighted by Gasteiger charge is 2.21. The van der Waals surface area contributed by atoms with E-state index in [1.165, 1.54) is 0 Å². The molecule has 0 heterocycles. The molecule has 3 N–H and O–H groups in total. The first-order chi connectivity index (χ1) is 9.94. The lowest BCUT2D eigenvalue weighted by molar-refractivity contribution is -0.121. The van der Waals surface area contributed by atoms with Gasteiger partial charge in [0.05, 0.1) is 7.11 Å². The van der Waals surface area contributed by atoms with E-state index in [9.17, 15) is 4.79 Å². The predicted octanol–water partition coefficient (Wildman–Crippen LogP) is 3.24. The minimum Gasteiger partial charge on any atom is -0.497 e. The van der Waals surface area contributed by atoms with Gasteiger partial charge >= 0.3 is 0 Å². The molecule has 0 saturated heterocycles. The van der Waals surface area contributed by atoms with Crippen molar-refractivity contribution in [3.05, 3.63) is 29.8 Å². The highest BCUT2D eigenvalue weighted by Crippen LogP contribution is 2.23. The summed E-state index contributed by atoms with van der Waals surface area (Å²) in [6.07, 6.45) is 2.17. The molecule has 1 amide bonds. The molecule has 0 saturated carbocycles. The molecule has 1 atom stereocenters. The molecular formula is C17H29ClN2O2. The lowest BCUT2D eigenvalue weighted by atomic mass is 9.93. The van der Waals surface area contributed by atoms with Gasteiger partial charge in [-0.3, -0.25) is 4.79 Å². The summed E-state index contributed by atoms with van der Waals surface area (Å²) in [5, 5.41) is 2.96. The molecular weight excluding hydrogens is 300 g/mol. The fraction of sp³-hybridized carbons (Fsp3) is 0.588. The molecule has 1 unspecified atom stereocenters. The molecule has 0 radical (unpaired) electrons. The van der Waals surface area contributed by atoms with Crippen molar-refractivity contribution in [1.82, 2.24) is 5.32 Å². The second-order valence-electron chi connectivity index (χ2n) is 5.73. The molecule has 5 heteroatoms. The Kier molecular flexibility index (Phi) is 9.14. The number of nitrogens with two attached hydrogens (primary N) is 1. The highest BCUT2D eigenvalue weighted by atomic mass is 35.5. The van der Waals surface area contributed by atoms with E-state index < -0.39 is 0 Å². The van der Waals surface area contributed by atoms with Crippen molar-refractivity contribution in [2.45, 2.75) is 51.5 Å². The van der Waals surface area contributed by atoms with Crippen molar-refractivity contribution < 1.29 is 9.53 Å². The number of halogens is 1. The Bertz CT molecular complexity index is 462. The number of nitrogens with one attached hydrogen (secondary N) is 1. The third-order valence-corrected chi connectivity index (χ3v) is 4.20. The average Bonchev–Trinajstić information content (AvgIpc) is 2.52. The molecule has 0 bridgehead atoms.